The number of pyridine rings is 1. The van der Waals surface area contributed by atoms with Gasteiger partial charge in [-0.3, -0.25) is 4.99 Å². The van der Waals surface area contributed by atoms with Gasteiger partial charge in [0.15, 0.2) is 5.96 Å². The van der Waals surface area contributed by atoms with Crippen molar-refractivity contribution in [1.29, 1.82) is 0 Å². The maximum absolute atomic E-state index is 6.03. The maximum atomic E-state index is 6.03. The van der Waals surface area contributed by atoms with Gasteiger partial charge in [0, 0.05) is 25.2 Å². The molecule has 1 aromatic carbocycles. The van der Waals surface area contributed by atoms with Crippen LogP contribution in [0.15, 0.2) is 47.5 Å². The minimum atomic E-state index is -0.242. The summed E-state index contributed by atoms with van der Waals surface area (Å²) in [6, 6.07) is 13.7. The standard InChI is InChI=1S/C20H28N4O2/c1-20(2,3)26-17-11-7-6-9-15(17)13-22-19(21-4)23-14-16-10-8-12-18(24-16)25-5/h6-12H,13-14H2,1-5H3,(H2,21,22,23). The topological polar surface area (TPSA) is 67.8 Å². The Labute approximate surface area is 155 Å². The summed E-state index contributed by atoms with van der Waals surface area (Å²) in [6.45, 7) is 7.28. The summed E-state index contributed by atoms with van der Waals surface area (Å²) in [5.41, 5.74) is 1.71. The molecule has 0 saturated carbocycles. The molecule has 6 nitrogen and oxygen atoms in total. The third kappa shape index (κ3) is 6.27. The highest BCUT2D eigenvalue weighted by Crippen LogP contribution is 2.22. The fraction of sp³-hybridized carbons (Fsp3) is 0.400. The van der Waals surface area contributed by atoms with Gasteiger partial charge in [-0.25, -0.2) is 4.98 Å². The minimum Gasteiger partial charge on any atom is -0.488 e. The maximum Gasteiger partial charge on any atom is 0.213 e. The van der Waals surface area contributed by atoms with E-state index in [1.54, 1.807) is 14.2 Å². The predicted octanol–water partition coefficient (Wildman–Crippen LogP) is 3.13. The molecular formula is C20H28N4O2. The molecule has 2 N–H and O–H groups in total. The highest BCUT2D eigenvalue weighted by atomic mass is 16.5. The van der Waals surface area contributed by atoms with Crippen molar-refractivity contribution in [3.8, 4) is 11.6 Å². The van der Waals surface area contributed by atoms with Gasteiger partial charge >= 0.3 is 0 Å². The number of nitrogens with one attached hydrogen (secondary N) is 2. The van der Waals surface area contributed by atoms with Crippen LogP contribution in [0.3, 0.4) is 0 Å². The number of methoxy groups -OCH3 is 1. The molecule has 0 aliphatic heterocycles. The van der Waals surface area contributed by atoms with Gasteiger partial charge in [-0.1, -0.05) is 24.3 Å². The molecule has 0 aliphatic carbocycles. The van der Waals surface area contributed by atoms with Gasteiger partial charge in [0.05, 0.1) is 19.3 Å². The zero-order chi connectivity index (χ0) is 19.0. The second-order valence-electron chi connectivity index (χ2n) is 6.77. The second-order valence-corrected chi connectivity index (χ2v) is 6.77. The Morgan fingerprint density at radius 3 is 2.46 bits per heavy atom. The lowest BCUT2D eigenvalue weighted by Crippen LogP contribution is -2.36. The third-order valence-electron chi connectivity index (χ3n) is 3.49. The van der Waals surface area contributed by atoms with E-state index in [9.17, 15) is 0 Å². The molecule has 1 heterocycles. The van der Waals surface area contributed by atoms with E-state index in [0.29, 0.717) is 24.9 Å². The van der Waals surface area contributed by atoms with Crippen LogP contribution in [0.4, 0.5) is 0 Å². The second kappa shape index (κ2) is 9.08. The zero-order valence-corrected chi connectivity index (χ0v) is 16.2. The average molecular weight is 356 g/mol. The number of ether oxygens (including phenoxy) is 2. The first kappa shape index (κ1) is 19.6. The van der Waals surface area contributed by atoms with Crippen LogP contribution < -0.4 is 20.1 Å². The van der Waals surface area contributed by atoms with E-state index < -0.39 is 0 Å². The van der Waals surface area contributed by atoms with Crippen LogP contribution in [0.25, 0.3) is 0 Å². The lowest BCUT2D eigenvalue weighted by molar-refractivity contribution is 0.129. The van der Waals surface area contributed by atoms with E-state index in [2.05, 4.69) is 20.6 Å². The lowest BCUT2D eigenvalue weighted by Gasteiger charge is -2.23. The van der Waals surface area contributed by atoms with Gasteiger partial charge in [0.1, 0.15) is 11.4 Å². The Morgan fingerprint density at radius 1 is 1.04 bits per heavy atom. The molecule has 0 radical (unpaired) electrons. The van der Waals surface area contributed by atoms with Gasteiger partial charge in [-0.2, -0.15) is 0 Å². The van der Waals surface area contributed by atoms with Gasteiger partial charge in [0.25, 0.3) is 0 Å². The first-order chi connectivity index (χ1) is 12.4. The van der Waals surface area contributed by atoms with Gasteiger partial charge < -0.3 is 20.1 Å². The molecule has 0 spiro atoms. The normalized spacial score (nSPS) is 11.8. The first-order valence-corrected chi connectivity index (χ1v) is 8.62. The Balaban J connectivity index is 1.95. The van der Waals surface area contributed by atoms with Gasteiger partial charge in [-0.05, 0) is 32.9 Å². The van der Waals surface area contributed by atoms with E-state index in [1.807, 2.05) is 63.2 Å². The summed E-state index contributed by atoms with van der Waals surface area (Å²) < 4.78 is 11.2. The number of nitrogens with zero attached hydrogens (tertiary/aromatic N) is 2. The zero-order valence-electron chi connectivity index (χ0n) is 16.2. The largest absolute Gasteiger partial charge is 0.488 e. The molecular weight excluding hydrogens is 328 g/mol. The van der Waals surface area contributed by atoms with Crippen LogP contribution >= 0.6 is 0 Å². The molecule has 0 amide bonds. The van der Waals surface area contributed by atoms with E-state index in [4.69, 9.17) is 9.47 Å². The third-order valence-corrected chi connectivity index (χ3v) is 3.49. The molecule has 140 valence electrons. The number of para-hydroxylation sites is 1. The molecule has 0 fully saturated rings. The van der Waals surface area contributed by atoms with Crippen LogP contribution in [0.1, 0.15) is 32.0 Å². The molecule has 6 heteroatoms. The highest BCUT2D eigenvalue weighted by Gasteiger charge is 2.14. The van der Waals surface area contributed by atoms with Crippen molar-refractivity contribution in [2.45, 2.75) is 39.5 Å². The van der Waals surface area contributed by atoms with Crippen LogP contribution in [0.5, 0.6) is 11.6 Å². The molecule has 2 rings (SSSR count). The number of rotatable bonds is 6. The van der Waals surface area contributed by atoms with Crippen molar-refractivity contribution in [1.82, 2.24) is 15.6 Å². The lowest BCUT2D eigenvalue weighted by atomic mass is 10.1. The molecule has 0 bridgehead atoms. The van der Waals surface area contributed by atoms with Crippen molar-refractivity contribution in [2.24, 2.45) is 4.99 Å². The fourth-order valence-corrected chi connectivity index (χ4v) is 2.32. The number of hydrogen-bond donors (Lipinski definition) is 2. The SMILES string of the molecule is CN=C(NCc1cccc(OC)n1)NCc1ccccc1OC(C)(C)C. The predicted molar refractivity (Wildman–Crippen MR) is 105 cm³/mol. The monoisotopic (exact) mass is 356 g/mol. The van der Waals surface area contributed by atoms with Crippen molar-refractivity contribution in [3.05, 3.63) is 53.7 Å². The van der Waals surface area contributed by atoms with E-state index in [-0.39, 0.29) is 5.60 Å². The number of aromatic nitrogens is 1. The molecule has 2 aromatic rings. The number of guanidine groups is 1. The summed E-state index contributed by atoms with van der Waals surface area (Å²) in [5.74, 6) is 2.16. The Morgan fingerprint density at radius 2 is 1.77 bits per heavy atom. The van der Waals surface area contributed by atoms with Crippen LogP contribution in [-0.4, -0.2) is 30.7 Å². The van der Waals surface area contributed by atoms with E-state index >= 15 is 0 Å². The highest BCUT2D eigenvalue weighted by molar-refractivity contribution is 5.79. The Kier molecular flexibility index (Phi) is 6.83. The summed E-state index contributed by atoms with van der Waals surface area (Å²) in [4.78, 5) is 8.64. The summed E-state index contributed by atoms with van der Waals surface area (Å²) in [6.07, 6.45) is 0. The fourth-order valence-electron chi connectivity index (χ4n) is 2.32. The van der Waals surface area contributed by atoms with Crippen molar-refractivity contribution >= 4 is 5.96 Å². The summed E-state index contributed by atoms with van der Waals surface area (Å²) >= 11 is 0. The average Bonchev–Trinajstić information content (AvgIpc) is 2.62. The molecule has 0 saturated heterocycles. The van der Waals surface area contributed by atoms with Crippen molar-refractivity contribution in [2.75, 3.05) is 14.2 Å². The number of hydrogen-bond acceptors (Lipinski definition) is 4. The van der Waals surface area contributed by atoms with E-state index in [0.717, 1.165) is 17.0 Å². The molecule has 0 aliphatic rings. The van der Waals surface area contributed by atoms with Crippen LogP contribution in [-0.2, 0) is 13.1 Å². The molecule has 0 atom stereocenters. The summed E-state index contributed by atoms with van der Waals surface area (Å²) in [7, 11) is 3.35. The smallest absolute Gasteiger partial charge is 0.213 e. The molecule has 26 heavy (non-hydrogen) atoms. The van der Waals surface area contributed by atoms with E-state index in [1.165, 1.54) is 0 Å². The van der Waals surface area contributed by atoms with Crippen molar-refractivity contribution < 1.29 is 9.47 Å². The van der Waals surface area contributed by atoms with Gasteiger partial charge in [-0.15, -0.1) is 0 Å². The molecule has 1 aromatic heterocycles. The molecule has 0 unspecified atom stereocenters. The van der Waals surface area contributed by atoms with Crippen LogP contribution in [0, 0.1) is 0 Å². The van der Waals surface area contributed by atoms with Gasteiger partial charge in [0.2, 0.25) is 5.88 Å². The number of aliphatic imine (C=N–C) groups is 1. The summed E-state index contributed by atoms with van der Waals surface area (Å²) in [5, 5.41) is 6.57. The Hall–Kier alpha value is -2.76. The van der Waals surface area contributed by atoms with Crippen molar-refractivity contribution in [3.63, 3.8) is 0 Å². The Bertz CT molecular complexity index is 739. The van der Waals surface area contributed by atoms with Crippen LogP contribution in [0.2, 0.25) is 0 Å². The number of benzene rings is 1. The minimum absolute atomic E-state index is 0.242. The quantitative estimate of drug-likeness (QED) is 0.615. The first-order valence-electron chi connectivity index (χ1n) is 8.62.